The second-order valence-electron chi connectivity index (χ2n) is 6.90. The number of ether oxygens (including phenoxy) is 3. The first-order chi connectivity index (χ1) is 15.4. The fourth-order valence-electron chi connectivity index (χ4n) is 3.66. The van der Waals surface area contributed by atoms with Gasteiger partial charge in [0, 0.05) is 6.07 Å². The molecule has 4 rings (SSSR count). The van der Waals surface area contributed by atoms with Gasteiger partial charge in [0.05, 0.1) is 39.2 Å². The predicted molar refractivity (Wildman–Crippen MR) is 110 cm³/mol. The van der Waals surface area contributed by atoms with Crippen molar-refractivity contribution in [3.63, 3.8) is 0 Å². The molecule has 0 spiro atoms. The molecule has 10 nitrogen and oxygen atoms in total. The molecule has 3 aromatic rings. The number of aliphatic hydroxyl groups is 1. The van der Waals surface area contributed by atoms with Gasteiger partial charge < -0.3 is 28.3 Å². The number of hydrogen-bond acceptors (Lipinski definition) is 9. The number of hydrogen-bond donors (Lipinski definition) is 1. The van der Waals surface area contributed by atoms with Gasteiger partial charge in [-0.05, 0) is 36.8 Å². The SMILES string of the molecule is COc1cc(C2C(C(=O)c3ccco3)=C(O)C(=O)N2c2cc(C)on2)cc(OC)c1OC. The number of carbonyl (C=O) groups is 2. The van der Waals surface area contributed by atoms with E-state index in [1.165, 1.54) is 50.7 Å². The molecule has 2 aromatic heterocycles. The number of methoxy groups -OCH3 is 3. The summed E-state index contributed by atoms with van der Waals surface area (Å²) >= 11 is 0. The van der Waals surface area contributed by atoms with Crippen molar-refractivity contribution in [3.8, 4) is 17.2 Å². The molecular weight excluding hydrogens is 420 g/mol. The Hall–Kier alpha value is -4.21. The van der Waals surface area contributed by atoms with E-state index in [1.807, 2.05) is 0 Å². The van der Waals surface area contributed by atoms with Gasteiger partial charge in [0.15, 0.2) is 28.8 Å². The molecule has 1 aliphatic rings. The maximum Gasteiger partial charge on any atom is 0.295 e. The molecule has 3 heterocycles. The molecule has 1 N–H and O–H groups in total. The van der Waals surface area contributed by atoms with Gasteiger partial charge >= 0.3 is 0 Å². The minimum Gasteiger partial charge on any atom is -0.503 e. The van der Waals surface area contributed by atoms with Gasteiger partial charge in [-0.1, -0.05) is 5.16 Å². The summed E-state index contributed by atoms with van der Waals surface area (Å²) in [6.07, 6.45) is 1.33. The average Bonchev–Trinajstić information content (AvgIpc) is 3.53. The van der Waals surface area contributed by atoms with Crippen LogP contribution >= 0.6 is 0 Å². The second-order valence-corrected chi connectivity index (χ2v) is 6.90. The molecular formula is C22H20N2O8. The lowest BCUT2D eigenvalue weighted by Gasteiger charge is -2.25. The summed E-state index contributed by atoms with van der Waals surface area (Å²) in [5.74, 6) is -0.695. The van der Waals surface area contributed by atoms with E-state index in [4.69, 9.17) is 23.2 Å². The molecule has 0 saturated heterocycles. The van der Waals surface area contributed by atoms with Gasteiger partial charge in [-0.15, -0.1) is 0 Å². The molecule has 0 bridgehead atoms. The van der Waals surface area contributed by atoms with Crippen molar-refractivity contribution in [2.75, 3.05) is 26.2 Å². The number of amides is 1. The highest BCUT2D eigenvalue weighted by atomic mass is 16.5. The van der Waals surface area contributed by atoms with Gasteiger partial charge in [0.25, 0.3) is 5.91 Å². The summed E-state index contributed by atoms with van der Waals surface area (Å²) in [6, 6.07) is 6.62. The summed E-state index contributed by atoms with van der Waals surface area (Å²) in [7, 11) is 4.35. The number of furan rings is 1. The minimum atomic E-state index is -1.07. The van der Waals surface area contributed by atoms with Crippen molar-refractivity contribution < 1.29 is 37.8 Å². The number of aromatic nitrogens is 1. The molecule has 1 amide bonds. The molecule has 10 heteroatoms. The molecule has 1 atom stereocenters. The third-order valence-electron chi connectivity index (χ3n) is 5.06. The Morgan fingerprint density at radius 3 is 2.31 bits per heavy atom. The normalized spacial score (nSPS) is 15.9. The van der Waals surface area contributed by atoms with E-state index in [0.717, 1.165) is 0 Å². The van der Waals surface area contributed by atoms with Crippen molar-refractivity contribution >= 4 is 17.5 Å². The zero-order valence-electron chi connectivity index (χ0n) is 17.7. The van der Waals surface area contributed by atoms with Gasteiger partial charge in [-0.25, -0.2) is 0 Å². The van der Waals surface area contributed by atoms with Crippen LogP contribution in [0.3, 0.4) is 0 Å². The fourth-order valence-corrected chi connectivity index (χ4v) is 3.66. The summed E-state index contributed by atoms with van der Waals surface area (Å²) in [4.78, 5) is 27.5. The zero-order chi connectivity index (χ0) is 23.0. The van der Waals surface area contributed by atoms with Crippen LogP contribution in [-0.2, 0) is 4.79 Å². The van der Waals surface area contributed by atoms with Crippen LogP contribution < -0.4 is 19.1 Å². The maximum absolute atomic E-state index is 13.2. The van der Waals surface area contributed by atoms with E-state index in [-0.39, 0.29) is 17.2 Å². The van der Waals surface area contributed by atoms with E-state index in [9.17, 15) is 14.7 Å². The monoisotopic (exact) mass is 440 g/mol. The quantitative estimate of drug-likeness (QED) is 0.550. The largest absolute Gasteiger partial charge is 0.503 e. The molecule has 166 valence electrons. The van der Waals surface area contributed by atoms with E-state index in [1.54, 1.807) is 19.1 Å². The van der Waals surface area contributed by atoms with Crippen LogP contribution in [0.15, 0.2) is 56.9 Å². The van der Waals surface area contributed by atoms with Crippen molar-refractivity contribution in [2.45, 2.75) is 13.0 Å². The van der Waals surface area contributed by atoms with Crippen LogP contribution in [0.1, 0.15) is 27.9 Å². The van der Waals surface area contributed by atoms with Gasteiger partial charge in [-0.2, -0.15) is 0 Å². The first-order valence-corrected chi connectivity index (χ1v) is 9.49. The Labute approximate surface area is 182 Å². The molecule has 1 aromatic carbocycles. The summed E-state index contributed by atoms with van der Waals surface area (Å²) in [5.41, 5.74) is 0.229. The van der Waals surface area contributed by atoms with Crippen LogP contribution in [0.2, 0.25) is 0 Å². The highest BCUT2D eigenvalue weighted by Gasteiger charge is 2.47. The first-order valence-electron chi connectivity index (χ1n) is 9.49. The van der Waals surface area contributed by atoms with E-state index in [2.05, 4.69) is 5.16 Å². The van der Waals surface area contributed by atoms with Crippen molar-refractivity contribution in [2.24, 2.45) is 0 Å². The van der Waals surface area contributed by atoms with Crippen LogP contribution in [0.25, 0.3) is 0 Å². The minimum absolute atomic E-state index is 0.0324. The number of anilines is 1. The summed E-state index contributed by atoms with van der Waals surface area (Å²) < 4.78 is 26.5. The molecule has 0 radical (unpaired) electrons. The average molecular weight is 440 g/mol. The van der Waals surface area contributed by atoms with E-state index < -0.39 is 23.5 Å². The summed E-state index contributed by atoms with van der Waals surface area (Å²) in [5, 5.41) is 14.6. The number of benzene rings is 1. The Kier molecular flexibility index (Phi) is 5.35. The number of aryl methyl sites for hydroxylation is 1. The molecule has 1 aliphatic heterocycles. The van der Waals surface area contributed by atoms with Crippen LogP contribution in [0.5, 0.6) is 17.2 Å². The second kappa shape index (κ2) is 8.14. The highest BCUT2D eigenvalue weighted by Crippen LogP contribution is 2.46. The number of rotatable bonds is 7. The van der Waals surface area contributed by atoms with E-state index in [0.29, 0.717) is 28.6 Å². The van der Waals surface area contributed by atoms with Crippen LogP contribution in [0.4, 0.5) is 5.82 Å². The Bertz CT molecular complexity index is 1180. The van der Waals surface area contributed by atoms with Gasteiger partial charge in [0.2, 0.25) is 11.5 Å². The van der Waals surface area contributed by atoms with E-state index >= 15 is 0 Å². The van der Waals surface area contributed by atoms with Crippen molar-refractivity contribution in [3.05, 3.63) is 65.0 Å². The smallest absolute Gasteiger partial charge is 0.295 e. The lowest BCUT2D eigenvalue weighted by atomic mass is 9.94. The number of aliphatic hydroxyl groups excluding tert-OH is 1. The Balaban J connectivity index is 1.95. The molecule has 0 saturated carbocycles. The standard InChI is InChI=1S/C22H20N2O8/c1-11-8-16(23-32-11)24-18(12-9-14(28-2)21(30-4)15(10-12)29-3)17(20(26)22(24)27)19(25)13-6-5-7-31-13/h5-10,18,26H,1-4H3. The van der Waals surface area contributed by atoms with Crippen LogP contribution in [-0.4, -0.2) is 43.3 Å². The van der Waals surface area contributed by atoms with Gasteiger partial charge in [-0.3, -0.25) is 14.5 Å². The third-order valence-corrected chi connectivity index (χ3v) is 5.06. The zero-order valence-corrected chi connectivity index (χ0v) is 17.7. The number of Topliss-reactive ketones (excluding diaryl/α,β-unsaturated/α-hetero) is 1. The Morgan fingerprint density at radius 2 is 1.81 bits per heavy atom. The molecule has 0 aliphatic carbocycles. The van der Waals surface area contributed by atoms with Crippen LogP contribution in [0, 0.1) is 6.92 Å². The first kappa shape index (κ1) is 21.0. The van der Waals surface area contributed by atoms with Crippen molar-refractivity contribution in [1.82, 2.24) is 5.16 Å². The number of nitrogens with zero attached hydrogens (tertiary/aromatic N) is 2. The maximum atomic E-state index is 13.2. The predicted octanol–water partition coefficient (Wildman–Crippen LogP) is 3.38. The van der Waals surface area contributed by atoms with Gasteiger partial charge in [0.1, 0.15) is 5.76 Å². The highest BCUT2D eigenvalue weighted by molar-refractivity contribution is 6.20. The van der Waals surface area contributed by atoms with Crippen molar-refractivity contribution in [1.29, 1.82) is 0 Å². The summed E-state index contributed by atoms with van der Waals surface area (Å²) in [6.45, 7) is 1.66. The Morgan fingerprint density at radius 1 is 1.12 bits per heavy atom. The topological polar surface area (TPSA) is 124 Å². The molecule has 32 heavy (non-hydrogen) atoms. The lowest BCUT2D eigenvalue weighted by Crippen LogP contribution is -2.31. The fraction of sp³-hybridized carbons (Fsp3) is 0.227. The molecule has 0 fully saturated rings. The third kappa shape index (κ3) is 3.25. The molecule has 1 unspecified atom stereocenters. The number of carbonyl (C=O) groups excluding carboxylic acids is 2. The lowest BCUT2D eigenvalue weighted by molar-refractivity contribution is -0.117. The number of ketones is 1.